The summed E-state index contributed by atoms with van der Waals surface area (Å²) in [5.41, 5.74) is 1.29. The Hall–Kier alpha value is -1.33. The molecule has 2 atom stereocenters. The molecule has 2 aromatic rings. The average molecular weight is 476 g/mol. The Bertz CT molecular complexity index is 947. The van der Waals surface area contributed by atoms with Gasteiger partial charge in [-0.2, -0.15) is 9.97 Å². The van der Waals surface area contributed by atoms with Crippen LogP contribution in [0.2, 0.25) is 5.28 Å². The van der Waals surface area contributed by atoms with E-state index >= 15 is 0 Å². The lowest BCUT2D eigenvalue weighted by atomic mass is 9.98. The molecule has 0 radical (unpaired) electrons. The molecule has 2 aromatic heterocycles. The molecule has 2 N–H and O–H groups in total. The second kappa shape index (κ2) is 9.66. The van der Waals surface area contributed by atoms with Gasteiger partial charge in [0.1, 0.15) is 12.6 Å². The van der Waals surface area contributed by atoms with Crippen molar-refractivity contribution >= 4 is 36.2 Å². The predicted octanol–water partition coefficient (Wildman–Crippen LogP) is 2.17. The number of hydrogen-bond acceptors (Lipinski definition) is 8. The molecule has 172 valence electrons. The number of halogens is 1. The van der Waals surface area contributed by atoms with Crippen molar-refractivity contribution in [2.75, 3.05) is 44.7 Å². The van der Waals surface area contributed by atoms with E-state index in [0.29, 0.717) is 29.9 Å². The topological polar surface area (TPSA) is 132 Å². The van der Waals surface area contributed by atoms with Gasteiger partial charge in [-0.05, 0) is 43.2 Å². The molecule has 2 aliphatic heterocycles. The first-order chi connectivity index (χ1) is 14.8. The molecule has 0 aromatic carbocycles. The standard InChI is InChI=1S/C18H27ClN5O6P/c1-28-8-12-4-6-23(7-5-12)16-15-17(22-18(19)21-16)24(10-20-15)14-3-2-13(30-14)9-29-11-31(25,26)27/h10,12-14H,2-9,11H2,1H3,(H2,25,26,27)/t13-,14?/m0/s1. The van der Waals surface area contributed by atoms with Crippen LogP contribution in [0.3, 0.4) is 0 Å². The van der Waals surface area contributed by atoms with E-state index in [-0.39, 0.29) is 24.2 Å². The minimum atomic E-state index is -4.19. The van der Waals surface area contributed by atoms with Gasteiger partial charge in [0, 0.05) is 26.8 Å². The van der Waals surface area contributed by atoms with Gasteiger partial charge in [-0.15, -0.1) is 0 Å². The number of anilines is 1. The zero-order valence-electron chi connectivity index (χ0n) is 17.3. The summed E-state index contributed by atoms with van der Waals surface area (Å²) < 4.78 is 29.2. The maximum absolute atomic E-state index is 10.9. The first-order valence-electron chi connectivity index (χ1n) is 10.3. The Morgan fingerprint density at radius 2 is 2.00 bits per heavy atom. The minimum absolute atomic E-state index is 0.117. The maximum atomic E-state index is 10.9. The van der Waals surface area contributed by atoms with Crippen molar-refractivity contribution in [3.63, 3.8) is 0 Å². The van der Waals surface area contributed by atoms with Gasteiger partial charge in [-0.1, -0.05) is 0 Å². The summed E-state index contributed by atoms with van der Waals surface area (Å²) in [4.78, 5) is 33.4. The van der Waals surface area contributed by atoms with Crippen LogP contribution in [0.1, 0.15) is 31.9 Å². The van der Waals surface area contributed by atoms with Crippen LogP contribution in [-0.2, 0) is 18.8 Å². The second-order valence-corrected chi connectivity index (χ2v) is 9.91. The number of ether oxygens (including phenoxy) is 3. The largest absolute Gasteiger partial charge is 0.384 e. The van der Waals surface area contributed by atoms with Crippen LogP contribution < -0.4 is 4.90 Å². The SMILES string of the molecule is COCC1CCN(c2nc(Cl)nc3c2ncn3C2CC[C@@H](COCP(=O)(O)O)O2)CC1. The van der Waals surface area contributed by atoms with Gasteiger partial charge in [0.25, 0.3) is 0 Å². The third-order valence-electron chi connectivity index (χ3n) is 5.65. The molecule has 0 aliphatic carbocycles. The Labute approximate surface area is 184 Å². The lowest BCUT2D eigenvalue weighted by Gasteiger charge is -2.32. The lowest BCUT2D eigenvalue weighted by Crippen LogP contribution is -2.35. The second-order valence-electron chi connectivity index (χ2n) is 7.98. The van der Waals surface area contributed by atoms with E-state index in [4.69, 9.17) is 35.6 Å². The molecule has 2 fully saturated rings. The smallest absolute Gasteiger partial charge is 0.350 e. The van der Waals surface area contributed by atoms with E-state index < -0.39 is 13.9 Å². The Morgan fingerprint density at radius 1 is 1.23 bits per heavy atom. The van der Waals surface area contributed by atoms with Crippen molar-refractivity contribution < 1.29 is 28.6 Å². The molecule has 0 amide bonds. The lowest BCUT2D eigenvalue weighted by molar-refractivity contribution is -0.0344. The number of aromatic nitrogens is 4. The molecule has 0 spiro atoms. The highest BCUT2D eigenvalue weighted by atomic mass is 35.5. The molecule has 2 saturated heterocycles. The third-order valence-corrected chi connectivity index (χ3v) is 6.34. The van der Waals surface area contributed by atoms with Crippen molar-refractivity contribution in [3.8, 4) is 0 Å². The van der Waals surface area contributed by atoms with Gasteiger partial charge in [0.05, 0.1) is 19.0 Å². The van der Waals surface area contributed by atoms with Gasteiger partial charge < -0.3 is 28.9 Å². The summed E-state index contributed by atoms with van der Waals surface area (Å²) in [6.07, 6.45) is 3.93. The first-order valence-corrected chi connectivity index (χ1v) is 12.4. The molecule has 2 aliphatic rings. The molecule has 13 heteroatoms. The number of imidazole rings is 1. The Morgan fingerprint density at radius 3 is 2.71 bits per heavy atom. The molecule has 0 bridgehead atoms. The van der Waals surface area contributed by atoms with Crippen molar-refractivity contribution in [3.05, 3.63) is 11.6 Å². The fraction of sp³-hybridized carbons (Fsp3) is 0.722. The van der Waals surface area contributed by atoms with Crippen molar-refractivity contribution in [1.29, 1.82) is 0 Å². The summed E-state index contributed by atoms with van der Waals surface area (Å²) in [5, 5.41) is 0.155. The van der Waals surface area contributed by atoms with Gasteiger partial charge in [-0.25, -0.2) is 4.98 Å². The van der Waals surface area contributed by atoms with Crippen LogP contribution in [-0.4, -0.2) is 75.2 Å². The third kappa shape index (κ3) is 5.54. The number of methoxy groups -OCH3 is 1. The quantitative estimate of drug-likeness (QED) is 0.432. The monoisotopic (exact) mass is 475 g/mol. The van der Waals surface area contributed by atoms with E-state index in [0.717, 1.165) is 38.4 Å². The number of hydrogen-bond donors (Lipinski definition) is 2. The predicted molar refractivity (Wildman–Crippen MR) is 113 cm³/mol. The van der Waals surface area contributed by atoms with Crippen LogP contribution in [0.25, 0.3) is 11.2 Å². The average Bonchev–Trinajstić information content (AvgIpc) is 3.34. The summed E-state index contributed by atoms with van der Waals surface area (Å²) in [6, 6.07) is 0. The minimum Gasteiger partial charge on any atom is -0.384 e. The molecule has 0 saturated carbocycles. The molecular formula is C18H27ClN5O6P. The number of rotatable bonds is 8. The van der Waals surface area contributed by atoms with Gasteiger partial charge >= 0.3 is 7.60 Å². The maximum Gasteiger partial charge on any atom is 0.350 e. The zero-order valence-corrected chi connectivity index (χ0v) is 18.9. The van der Waals surface area contributed by atoms with E-state index in [1.165, 1.54) is 0 Å². The molecule has 11 nitrogen and oxygen atoms in total. The highest BCUT2D eigenvalue weighted by Gasteiger charge is 2.30. The van der Waals surface area contributed by atoms with Crippen LogP contribution in [0.15, 0.2) is 6.33 Å². The number of piperidine rings is 1. The first kappa shape index (κ1) is 22.8. The van der Waals surface area contributed by atoms with Crippen LogP contribution >= 0.6 is 19.2 Å². The fourth-order valence-electron chi connectivity index (χ4n) is 4.17. The molecule has 1 unspecified atom stereocenters. The highest BCUT2D eigenvalue weighted by molar-refractivity contribution is 7.51. The van der Waals surface area contributed by atoms with Crippen molar-refractivity contribution in [2.45, 2.75) is 38.0 Å². The number of nitrogens with zero attached hydrogens (tertiary/aromatic N) is 5. The van der Waals surface area contributed by atoms with E-state index in [1.807, 2.05) is 4.57 Å². The fourth-order valence-corrected chi connectivity index (χ4v) is 4.67. The van der Waals surface area contributed by atoms with Crippen molar-refractivity contribution in [2.24, 2.45) is 5.92 Å². The van der Waals surface area contributed by atoms with E-state index in [9.17, 15) is 4.57 Å². The molecule has 31 heavy (non-hydrogen) atoms. The summed E-state index contributed by atoms with van der Waals surface area (Å²) in [6.45, 7) is 2.58. The van der Waals surface area contributed by atoms with Gasteiger partial charge in [0.15, 0.2) is 17.0 Å². The van der Waals surface area contributed by atoms with Gasteiger partial charge in [0.2, 0.25) is 5.28 Å². The number of fused-ring (bicyclic) bond motifs is 1. The van der Waals surface area contributed by atoms with Gasteiger partial charge in [-0.3, -0.25) is 9.13 Å². The van der Waals surface area contributed by atoms with Crippen LogP contribution in [0, 0.1) is 5.92 Å². The van der Waals surface area contributed by atoms with E-state index in [2.05, 4.69) is 19.9 Å². The molecule has 4 rings (SSSR count). The highest BCUT2D eigenvalue weighted by Crippen LogP contribution is 2.36. The normalized spacial score (nSPS) is 23.2. The Balaban J connectivity index is 1.47. The van der Waals surface area contributed by atoms with Crippen LogP contribution in [0.5, 0.6) is 0 Å². The van der Waals surface area contributed by atoms with E-state index in [1.54, 1.807) is 13.4 Å². The zero-order chi connectivity index (χ0) is 22.0. The summed E-state index contributed by atoms with van der Waals surface area (Å²) in [7, 11) is -2.46. The van der Waals surface area contributed by atoms with Crippen molar-refractivity contribution in [1.82, 2.24) is 19.5 Å². The Kier molecular flexibility index (Phi) is 7.12. The summed E-state index contributed by atoms with van der Waals surface area (Å²) in [5.74, 6) is 1.27. The molecular weight excluding hydrogens is 449 g/mol. The summed E-state index contributed by atoms with van der Waals surface area (Å²) >= 11 is 6.25. The molecule has 4 heterocycles. The van der Waals surface area contributed by atoms with Crippen LogP contribution in [0.4, 0.5) is 5.82 Å².